The van der Waals surface area contributed by atoms with Crippen molar-refractivity contribution in [2.24, 2.45) is 5.92 Å². The summed E-state index contributed by atoms with van der Waals surface area (Å²) in [7, 11) is 0. The van der Waals surface area contributed by atoms with Gasteiger partial charge < -0.3 is 20.5 Å². The predicted molar refractivity (Wildman–Crippen MR) is 78.4 cm³/mol. The zero-order valence-electron chi connectivity index (χ0n) is 11.4. The fourth-order valence-corrected chi connectivity index (χ4v) is 2.35. The van der Waals surface area contributed by atoms with Gasteiger partial charge in [-0.2, -0.15) is 8.78 Å². The lowest BCUT2D eigenvalue weighted by molar-refractivity contribution is -0.0497. The van der Waals surface area contributed by atoms with E-state index in [1.54, 1.807) is 0 Å². The molecule has 0 aromatic heterocycles. The third-order valence-electron chi connectivity index (χ3n) is 3.13. The van der Waals surface area contributed by atoms with Gasteiger partial charge in [0.05, 0.1) is 5.02 Å². The van der Waals surface area contributed by atoms with Gasteiger partial charge in [0.1, 0.15) is 5.75 Å². The minimum absolute atomic E-state index is 0.0285. The van der Waals surface area contributed by atoms with Crippen LogP contribution in [0.25, 0.3) is 0 Å². The van der Waals surface area contributed by atoms with Crippen molar-refractivity contribution in [2.75, 3.05) is 11.9 Å². The molecule has 0 fully saturated rings. The Kier molecular flexibility index (Phi) is 5.57. The first kappa shape index (κ1) is 16.5. The van der Waals surface area contributed by atoms with E-state index in [2.05, 4.69) is 15.4 Å². The van der Waals surface area contributed by atoms with Gasteiger partial charge in [-0.15, -0.1) is 0 Å². The Balaban J connectivity index is 1.89. The van der Waals surface area contributed by atoms with Crippen molar-refractivity contribution in [1.82, 2.24) is 5.32 Å². The molecule has 22 heavy (non-hydrogen) atoms. The summed E-state index contributed by atoms with van der Waals surface area (Å²) >= 11 is 5.80. The molecule has 2 atom stereocenters. The molecule has 1 aromatic carbocycles. The number of urea groups is 1. The number of ether oxygens (including phenoxy) is 1. The smallest absolute Gasteiger partial charge is 0.387 e. The molecule has 2 amide bonds. The Labute approximate surface area is 130 Å². The fraction of sp³-hybridized carbons (Fsp3) is 0.357. The standard InChI is InChI=1S/C14H15ClF2N2O3/c15-11-6-10(3-4-12(11)22-13(16)17)19-14(21)18-9-2-1-8(5-9)7-20/h1-4,6,8-9,13,20H,5,7H2,(H2,18,19,21)/t8-,9+/m0/s1. The quantitative estimate of drug-likeness (QED) is 0.726. The van der Waals surface area contributed by atoms with Gasteiger partial charge in [-0.3, -0.25) is 0 Å². The summed E-state index contributed by atoms with van der Waals surface area (Å²) in [5, 5.41) is 14.2. The molecule has 1 aromatic rings. The molecule has 0 spiro atoms. The second-order valence-electron chi connectivity index (χ2n) is 4.79. The zero-order chi connectivity index (χ0) is 16.1. The Morgan fingerprint density at radius 1 is 1.45 bits per heavy atom. The second kappa shape index (κ2) is 7.42. The SMILES string of the molecule is O=C(Nc1ccc(OC(F)F)c(Cl)c1)N[C@@H]1C=C[C@H](CO)C1. The van der Waals surface area contributed by atoms with Crippen molar-refractivity contribution in [2.45, 2.75) is 19.1 Å². The van der Waals surface area contributed by atoms with Crippen LogP contribution in [0.3, 0.4) is 0 Å². The van der Waals surface area contributed by atoms with Gasteiger partial charge in [0.2, 0.25) is 0 Å². The molecular weight excluding hydrogens is 318 g/mol. The first-order valence-corrected chi connectivity index (χ1v) is 6.97. The van der Waals surface area contributed by atoms with E-state index < -0.39 is 12.6 Å². The zero-order valence-corrected chi connectivity index (χ0v) is 12.2. The van der Waals surface area contributed by atoms with Crippen molar-refractivity contribution < 1.29 is 23.4 Å². The highest BCUT2D eigenvalue weighted by molar-refractivity contribution is 6.32. The first-order chi connectivity index (χ1) is 10.5. The summed E-state index contributed by atoms with van der Waals surface area (Å²) in [6.45, 7) is -2.93. The van der Waals surface area contributed by atoms with Crippen LogP contribution in [-0.2, 0) is 0 Å². The Hall–Kier alpha value is -1.86. The lowest BCUT2D eigenvalue weighted by Gasteiger charge is -2.14. The number of amides is 2. The summed E-state index contributed by atoms with van der Waals surface area (Å²) in [5.41, 5.74) is 0.352. The fourth-order valence-electron chi connectivity index (χ4n) is 2.12. The van der Waals surface area contributed by atoms with Crippen LogP contribution < -0.4 is 15.4 Å². The van der Waals surface area contributed by atoms with Crippen LogP contribution in [0.5, 0.6) is 5.75 Å². The van der Waals surface area contributed by atoms with E-state index in [4.69, 9.17) is 16.7 Å². The van der Waals surface area contributed by atoms with Gasteiger partial charge in [0, 0.05) is 24.3 Å². The highest BCUT2D eigenvalue weighted by Crippen LogP contribution is 2.29. The topological polar surface area (TPSA) is 70.6 Å². The number of halogens is 3. The lowest BCUT2D eigenvalue weighted by atomic mass is 10.1. The van der Waals surface area contributed by atoms with E-state index in [0.717, 1.165) is 0 Å². The van der Waals surface area contributed by atoms with E-state index in [1.807, 2.05) is 12.2 Å². The molecule has 3 N–H and O–H groups in total. The van der Waals surface area contributed by atoms with E-state index in [0.29, 0.717) is 12.1 Å². The third kappa shape index (κ3) is 4.57. The van der Waals surface area contributed by atoms with Crippen LogP contribution in [-0.4, -0.2) is 30.4 Å². The third-order valence-corrected chi connectivity index (χ3v) is 3.42. The maximum Gasteiger partial charge on any atom is 0.387 e. The van der Waals surface area contributed by atoms with Crippen molar-refractivity contribution in [1.29, 1.82) is 0 Å². The van der Waals surface area contributed by atoms with E-state index in [-0.39, 0.29) is 29.3 Å². The van der Waals surface area contributed by atoms with Crippen LogP contribution in [0.2, 0.25) is 5.02 Å². The number of nitrogens with one attached hydrogen (secondary N) is 2. The average molecular weight is 333 g/mol. The summed E-state index contributed by atoms with van der Waals surface area (Å²) in [5.74, 6) is -0.113. The van der Waals surface area contributed by atoms with Crippen LogP contribution in [0.4, 0.5) is 19.3 Å². The number of aliphatic hydroxyl groups is 1. The molecule has 120 valence electrons. The molecule has 0 radical (unpaired) electrons. The first-order valence-electron chi connectivity index (χ1n) is 6.59. The maximum absolute atomic E-state index is 12.1. The Morgan fingerprint density at radius 3 is 2.82 bits per heavy atom. The maximum atomic E-state index is 12.1. The highest BCUT2D eigenvalue weighted by Gasteiger charge is 2.19. The molecule has 8 heteroatoms. The van der Waals surface area contributed by atoms with Gasteiger partial charge in [-0.1, -0.05) is 23.8 Å². The van der Waals surface area contributed by atoms with Gasteiger partial charge in [0.25, 0.3) is 0 Å². The Bertz CT molecular complexity index is 569. The number of alkyl halides is 2. The molecule has 5 nitrogen and oxygen atoms in total. The summed E-state index contributed by atoms with van der Waals surface area (Å²) in [6.07, 6.45) is 4.29. The minimum atomic E-state index is -2.96. The summed E-state index contributed by atoms with van der Waals surface area (Å²) < 4.78 is 28.4. The van der Waals surface area contributed by atoms with E-state index in [9.17, 15) is 13.6 Å². The summed E-state index contributed by atoms with van der Waals surface area (Å²) in [4.78, 5) is 11.8. The van der Waals surface area contributed by atoms with Crippen LogP contribution in [0.15, 0.2) is 30.4 Å². The van der Waals surface area contributed by atoms with Crippen LogP contribution in [0, 0.1) is 5.92 Å². The second-order valence-corrected chi connectivity index (χ2v) is 5.20. The van der Waals surface area contributed by atoms with Crippen molar-refractivity contribution in [3.05, 3.63) is 35.4 Å². The number of anilines is 1. The number of hydrogen-bond acceptors (Lipinski definition) is 3. The van der Waals surface area contributed by atoms with Crippen molar-refractivity contribution >= 4 is 23.3 Å². The molecule has 1 aliphatic carbocycles. The number of rotatable bonds is 5. The van der Waals surface area contributed by atoms with Crippen LogP contribution >= 0.6 is 11.6 Å². The van der Waals surface area contributed by atoms with E-state index in [1.165, 1.54) is 18.2 Å². The molecule has 0 aliphatic heterocycles. The lowest BCUT2D eigenvalue weighted by Crippen LogP contribution is -2.36. The monoisotopic (exact) mass is 332 g/mol. The highest BCUT2D eigenvalue weighted by atomic mass is 35.5. The van der Waals surface area contributed by atoms with Gasteiger partial charge in [0.15, 0.2) is 0 Å². The predicted octanol–water partition coefficient (Wildman–Crippen LogP) is 3.00. The van der Waals surface area contributed by atoms with Crippen molar-refractivity contribution in [3.63, 3.8) is 0 Å². The minimum Gasteiger partial charge on any atom is -0.433 e. The average Bonchev–Trinajstić information content (AvgIpc) is 2.89. The number of hydrogen-bond donors (Lipinski definition) is 3. The molecule has 0 bridgehead atoms. The number of carbonyl (C=O) groups excluding carboxylic acids is 1. The largest absolute Gasteiger partial charge is 0.433 e. The van der Waals surface area contributed by atoms with Crippen molar-refractivity contribution in [3.8, 4) is 5.75 Å². The Morgan fingerprint density at radius 2 is 2.23 bits per heavy atom. The number of benzene rings is 1. The van der Waals surface area contributed by atoms with Gasteiger partial charge in [-0.05, 0) is 24.6 Å². The molecule has 0 unspecified atom stereocenters. The number of carbonyl (C=O) groups is 1. The summed E-state index contributed by atoms with van der Waals surface area (Å²) in [6, 6.07) is 3.37. The van der Waals surface area contributed by atoms with Gasteiger partial charge >= 0.3 is 12.6 Å². The van der Waals surface area contributed by atoms with Gasteiger partial charge in [-0.25, -0.2) is 4.79 Å². The molecule has 0 saturated carbocycles. The molecule has 0 heterocycles. The molecule has 0 saturated heterocycles. The molecule has 2 rings (SSSR count). The van der Waals surface area contributed by atoms with Crippen LogP contribution in [0.1, 0.15) is 6.42 Å². The molecule has 1 aliphatic rings. The molecular formula is C14H15ClF2N2O3. The van der Waals surface area contributed by atoms with E-state index >= 15 is 0 Å². The number of aliphatic hydroxyl groups excluding tert-OH is 1. The normalized spacial score (nSPS) is 20.2.